The maximum atomic E-state index is 11.4. The monoisotopic (exact) mass is 186 g/mol. The van der Waals surface area contributed by atoms with Gasteiger partial charge in [0.05, 0.1) is 13.2 Å². The van der Waals surface area contributed by atoms with Gasteiger partial charge in [-0.15, -0.1) is 0 Å². The van der Waals surface area contributed by atoms with Crippen molar-refractivity contribution in [3.8, 4) is 0 Å². The van der Waals surface area contributed by atoms with Crippen molar-refractivity contribution in [3.63, 3.8) is 0 Å². The molecule has 0 saturated carbocycles. The Morgan fingerprint density at radius 3 is 3.08 bits per heavy atom. The van der Waals surface area contributed by atoms with Crippen LogP contribution in [0.4, 0.5) is 0 Å². The Morgan fingerprint density at radius 1 is 1.69 bits per heavy atom. The van der Waals surface area contributed by atoms with E-state index >= 15 is 0 Å². The molecule has 76 valence electrons. The zero-order valence-corrected chi connectivity index (χ0v) is 8.30. The molecule has 0 bridgehead atoms. The third kappa shape index (κ3) is 2.97. The van der Waals surface area contributed by atoms with E-state index in [0.717, 1.165) is 19.4 Å². The molecule has 1 aliphatic rings. The molecule has 0 aliphatic carbocycles. The summed E-state index contributed by atoms with van der Waals surface area (Å²) in [5, 5.41) is 3.18. The van der Waals surface area contributed by atoms with E-state index in [-0.39, 0.29) is 11.9 Å². The molecular formula is C9H18N2O2. The molecule has 1 saturated heterocycles. The van der Waals surface area contributed by atoms with Crippen LogP contribution in [0, 0.1) is 5.92 Å². The van der Waals surface area contributed by atoms with Crippen LogP contribution in [0.5, 0.6) is 0 Å². The summed E-state index contributed by atoms with van der Waals surface area (Å²) < 4.78 is 0. The smallest absolute Gasteiger partial charge is 0.260 e. The topological polar surface area (TPSA) is 50.4 Å². The molecule has 2 atom stereocenters. The van der Waals surface area contributed by atoms with E-state index in [0.29, 0.717) is 5.92 Å². The Kier molecular flexibility index (Phi) is 4.18. The number of hydrogen-bond acceptors (Lipinski definition) is 3. The van der Waals surface area contributed by atoms with Gasteiger partial charge in [-0.2, -0.15) is 0 Å². The molecule has 1 heterocycles. The molecule has 4 nitrogen and oxygen atoms in total. The molecule has 2 N–H and O–H groups in total. The van der Waals surface area contributed by atoms with Crippen molar-refractivity contribution in [3.05, 3.63) is 0 Å². The lowest BCUT2D eigenvalue weighted by atomic mass is 9.90. The van der Waals surface area contributed by atoms with Gasteiger partial charge in [0, 0.05) is 0 Å². The summed E-state index contributed by atoms with van der Waals surface area (Å²) in [6.07, 6.45) is 3.25. The minimum absolute atomic E-state index is 0.0550. The first kappa shape index (κ1) is 10.5. The van der Waals surface area contributed by atoms with E-state index < -0.39 is 0 Å². The Balaban J connectivity index is 2.37. The summed E-state index contributed by atoms with van der Waals surface area (Å²) in [4.78, 5) is 15.9. The van der Waals surface area contributed by atoms with E-state index in [2.05, 4.69) is 22.6 Å². The highest BCUT2D eigenvalue weighted by atomic mass is 16.6. The average Bonchev–Trinajstić information content (AvgIpc) is 2.18. The second kappa shape index (κ2) is 5.19. The first-order chi connectivity index (χ1) is 6.27. The van der Waals surface area contributed by atoms with Crippen molar-refractivity contribution in [1.29, 1.82) is 0 Å². The highest BCUT2D eigenvalue weighted by Gasteiger charge is 2.25. The Bertz CT molecular complexity index is 173. The van der Waals surface area contributed by atoms with Gasteiger partial charge in [0.2, 0.25) is 0 Å². The maximum absolute atomic E-state index is 11.4. The summed E-state index contributed by atoms with van der Waals surface area (Å²) >= 11 is 0. The quantitative estimate of drug-likeness (QED) is 0.629. The van der Waals surface area contributed by atoms with E-state index in [1.807, 2.05) is 0 Å². The Labute approximate surface area is 79.0 Å². The van der Waals surface area contributed by atoms with Crippen molar-refractivity contribution in [2.24, 2.45) is 5.92 Å². The maximum Gasteiger partial charge on any atom is 0.260 e. The molecule has 1 fully saturated rings. The number of carbonyl (C=O) groups excluding carboxylic acids is 1. The van der Waals surface area contributed by atoms with Crippen LogP contribution >= 0.6 is 0 Å². The average molecular weight is 186 g/mol. The van der Waals surface area contributed by atoms with Crippen molar-refractivity contribution < 1.29 is 9.63 Å². The van der Waals surface area contributed by atoms with Gasteiger partial charge in [-0.1, -0.05) is 13.3 Å². The van der Waals surface area contributed by atoms with Gasteiger partial charge in [0.15, 0.2) is 0 Å². The SMILES string of the molecule is CCC1CCNC(C(=O)NOC)C1. The van der Waals surface area contributed by atoms with Crippen LogP contribution in [0.1, 0.15) is 26.2 Å². The summed E-state index contributed by atoms with van der Waals surface area (Å²) in [7, 11) is 1.46. The van der Waals surface area contributed by atoms with Crippen molar-refractivity contribution in [2.75, 3.05) is 13.7 Å². The number of hydrogen-bond donors (Lipinski definition) is 2. The van der Waals surface area contributed by atoms with Crippen LogP contribution < -0.4 is 10.8 Å². The lowest BCUT2D eigenvalue weighted by molar-refractivity contribution is -0.134. The molecule has 1 amide bonds. The van der Waals surface area contributed by atoms with Gasteiger partial charge in [-0.3, -0.25) is 9.63 Å². The van der Waals surface area contributed by atoms with Crippen LogP contribution in [-0.2, 0) is 9.63 Å². The predicted molar refractivity (Wildman–Crippen MR) is 50.0 cm³/mol. The summed E-state index contributed by atoms with van der Waals surface area (Å²) in [5.74, 6) is 0.620. The van der Waals surface area contributed by atoms with Crippen molar-refractivity contribution >= 4 is 5.91 Å². The second-order valence-corrected chi connectivity index (χ2v) is 3.48. The lowest BCUT2D eigenvalue weighted by Crippen LogP contribution is -2.48. The minimum atomic E-state index is -0.0707. The van der Waals surface area contributed by atoms with Crippen LogP contribution in [0.3, 0.4) is 0 Å². The van der Waals surface area contributed by atoms with Crippen molar-refractivity contribution in [1.82, 2.24) is 10.8 Å². The molecule has 4 heteroatoms. The Hall–Kier alpha value is -0.610. The normalized spacial score (nSPS) is 28.5. The molecule has 0 spiro atoms. The van der Waals surface area contributed by atoms with Crippen molar-refractivity contribution in [2.45, 2.75) is 32.2 Å². The van der Waals surface area contributed by atoms with E-state index in [9.17, 15) is 4.79 Å². The molecule has 1 aliphatic heterocycles. The Morgan fingerprint density at radius 2 is 2.46 bits per heavy atom. The van der Waals surface area contributed by atoms with Crippen LogP contribution in [0.25, 0.3) is 0 Å². The minimum Gasteiger partial charge on any atom is -0.306 e. The molecule has 0 aromatic carbocycles. The highest BCUT2D eigenvalue weighted by Crippen LogP contribution is 2.19. The lowest BCUT2D eigenvalue weighted by Gasteiger charge is -2.28. The molecule has 13 heavy (non-hydrogen) atoms. The number of nitrogens with one attached hydrogen (secondary N) is 2. The van der Waals surface area contributed by atoms with Gasteiger partial charge >= 0.3 is 0 Å². The number of piperidine rings is 1. The molecular weight excluding hydrogens is 168 g/mol. The third-order valence-corrected chi connectivity index (χ3v) is 2.61. The van der Waals surface area contributed by atoms with Gasteiger partial charge in [-0.05, 0) is 25.3 Å². The van der Waals surface area contributed by atoms with E-state index in [4.69, 9.17) is 0 Å². The fourth-order valence-electron chi connectivity index (χ4n) is 1.74. The molecule has 0 aromatic heterocycles. The molecule has 0 radical (unpaired) electrons. The second-order valence-electron chi connectivity index (χ2n) is 3.48. The van der Waals surface area contributed by atoms with E-state index in [1.54, 1.807) is 0 Å². The van der Waals surface area contributed by atoms with Crippen LogP contribution in [0.2, 0.25) is 0 Å². The summed E-state index contributed by atoms with van der Waals surface area (Å²) in [5.41, 5.74) is 2.36. The van der Waals surface area contributed by atoms with E-state index in [1.165, 1.54) is 13.5 Å². The molecule has 0 aromatic rings. The van der Waals surface area contributed by atoms with Gasteiger partial charge in [0.25, 0.3) is 5.91 Å². The highest BCUT2D eigenvalue weighted by molar-refractivity contribution is 5.80. The molecule has 2 unspecified atom stereocenters. The summed E-state index contributed by atoms with van der Waals surface area (Å²) in [6, 6.07) is -0.0707. The fraction of sp³-hybridized carbons (Fsp3) is 0.889. The largest absolute Gasteiger partial charge is 0.306 e. The first-order valence-electron chi connectivity index (χ1n) is 4.84. The first-order valence-corrected chi connectivity index (χ1v) is 4.84. The predicted octanol–water partition coefficient (Wildman–Crippen LogP) is 0.442. The fourth-order valence-corrected chi connectivity index (χ4v) is 1.74. The van der Waals surface area contributed by atoms with Crippen LogP contribution in [0.15, 0.2) is 0 Å². The van der Waals surface area contributed by atoms with Gasteiger partial charge in [0.1, 0.15) is 0 Å². The molecule has 1 rings (SSSR count). The number of hydroxylamine groups is 1. The zero-order chi connectivity index (χ0) is 9.68. The van der Waals surface area contributed by atoms with Crippen LogP contribution in [-0.4, -0.2) is 25.6 Å². The van der Waals surface area contributed by atoms with Gasteiger partial charge < -0.3 is 5.32 Å². The van der Waals surface area contributed by atoms with Gasteiger partial charge in [-0.25, -0.2) is 5.48 Å². The summed E-state index contributed by atoms with van der Waals surface area (Å²) in [6.45, 7) is 3.10. The third-order valence-electron chi connectivity index (χ3n) is 2.61. The zero-order valence-electron chi connectivity index (χ0n) is 8.30. The standard InChI is InChI=1S/C9H18N2O2/c1-3-7-4-5-10-8(6-7)9(12)11-13-2/h7-8,10H,3-6H2,1-2H3,(H,11,12). The number of amides is 1. The number of rotatable bonds is 3. The number of carbonyl (C=O) groups is 1.